The fraction of sp³-hybridized carbons (Fsp3) is 0.417. The standard InChI is InChI=1S/C24H27NO3/c1-5-18-15-22-21(24(3,4)11-12-28-22)14-19(18)8-10-20-9-7-17(16-25-20)13-23(26)27-6-2/h7,9,14-16H,5-6,11-13H2,1-4H3. The van der Waals surface area contributed by atoms with Gasteiger partial charge in [-0.05, 0) is 60.4 Å². The molecule has 0 unspecified atom stereocenters. The Kier molecular flexibility index (Phi) is 6.04. The normalized spacial score (nSPS) is 14.3. The lowest BCUT2D eigenvalue weighted by Gasteiger charge is -2.33. The van der Waals surface area contributed by atoms with Gasteiger partial charge in [0.1, 0.15) is 11.4 Å². The predicted octanol–water partition coefficient (Wildman–Crippen LogP) is 4.21. The molecule has 1 aliphatic rings. The Morgan fingerprint density at radius 3 is 2.75 bits per heavy atom. The van der Waals surface area contributed by atoms with Gasteiger partial charge in [0.2, 0.25) is 0 Å². The number of aryl methyl sites for hydroxylation is 1. The Labute approximate surface area is 167 Å². The van der Waals surface area contributed by atoms with Gasteiger partial charge >= 0.3 is 5.97 Å². The van der Waals surface area contributed by atoms with Crippen molar-refractivity contribution in [2.75, 3.05) is 13.2 Å². The third kappa shape index (κ3) is 4.54. The van der Waals surface area contributed by atoms with Gasteiger partial charge in [-0.3, -0.25) is 4.79 Å². The molecule has 0 radical (unpaired) electrons. The zero-order chi connectivity index (χ0) is 20.1. The van der Waals surface area contributed by atoms with Crippen molar-refractivity contribution in [3.05, 3.63) is 58.4 Å². The molecule has 0 saturated heterocycles. The molecule has 0 fully saturated rings. The maximum atomic E-state index is 11.6. The highest BCUT2D eigenvalue weighted by Crippen LogP contribution is 2.39. The quantitative estimate of drug-likeness (QED) is 0.592. The van der Waals surface area contributed by atoms with Gasteiger partial charge in [0.15, 0.2) is 0 Å². The summed E-state index contributed by atoms with van der Waals surface area (Å²) in [6.07, 6.45) is 3.81. The molecule has 0 amide bonds. The van der Waals surface area contributed by atoms with Crippen LogP contribution in [-0.2, 0) is 27.8 Å². The summed E-state index contributed by atoms with van der Waals surface area (Å²) in [6, 6.07) is 8.03. The average molecular weight is 377 g/mol. The van der Waals surface area contributed by atoms with Crippen molar-refractivity contribution >= 4 is 5.97 Å². The molecule has 146 valence electrons. The summed E-state index contributed by atoms with van der Waals surface area (Å²) in [4.78, 5) is 15.9. The zero-order valence-electron chi connectivity index (χ0n) is 17.1. The van der Waals surface area contributed by atoms with Gasteiger partial charge in [0.25, 0.3) is 0 Å². The number of carbonyl (C=O) groups is 1. The zero-order valence-corrected chi connectivity index (χ0v) is 17.1. The van der Waals surface area contributed by atoms with Gasteiger partial charge in [-0.15, -0.1) is 0 Å². The van der Waals surface area contributed by atoms with Crippen LogP contribution in [0.2, 0.25) is 0 Å². The second-order valence-corrected chi connectivity index (χ2v) is 7.62. The molecule has 2 aromatic rings. The van der Waals surface area contributed by atoms with Crippen molar-refractivity contribution in [2.24, 2.45) is 0 Å². The fourth-order valence-corrected chi connectivity index (χ4v) is 3.34. The Morgan fingerprint density at radius 1 is 1.25 bits per heavy atom. The third-order valence-electron chi connectivity index (χ3n) is 5.10. The Balaban J connectivity index is 1.84. The summed E-state index contributed by atoms with van der Waals surface area (Å²) in [5, 5.41) is 0. The van der Waals surface area contributed by atoms with E-state index >= 15 is 0 Å². The molecule has 0 saturated carbocycles. The van der Waals surface area contributed by atoms with Crippen molar-refractivity contribution in [2.45, 2.75) is 52.4 Å². The Morgan fingerprint density at radius 2 is 2.07 bits per heavy atom. The molecule has 0 atom stereocenters. The van der Waals surface area contributed by atoms with E-state index in [0.717, 1.165) is 36.3 Å². The number of hydrogen-bond donors (Lipinski definition) is 0. The van der Waals surface area contributed by atoms with E-state index in [1.165, 1.54) is 11.1 Å². The predicted molar refractivity (Wildman–Crippen MR) is 110 cm³/mol. The van der Waals surface area contributed by atoms with Crippen molar-refractivity contribution in [3.8, 4) is 17.6 Å². The molecule has 1 aromatic heterocycles. The van der Waals surface area contributed by atoms with Crippen LogP contribution >= 0.6 is 0 Å². The average Bonchev–Trinajstić information content (AvgIpc) is 2.67. The molecule has 1 aromatic carbocycles. The monoisotopic (exact) mass is 377 g/mol. The highest BCUT2D eigenvalue weighted by atomic mass is 16.5. The highest BCUT2D eigenvalue weighted by Gasteiger charge is 2.29. The van der Waals surface area contributed by atoms with Crippen LogP contribution in [0.1, 0.15) is 62.1 Å². The third-order valence-corrected chi connectivity index (χ3v) is 5.10. The smallest absolute Gasteiger partial charge is 0.310 e. The number of nitrogens with zero attached hydrogens (tertiary/aromatic N) is 1. The molecule has 2 heterocycles. The molecule has 28 heavy (non-hydrogen) atoms. The van der Waals surface area contributed by atoms with E-state index < -0.39 is 0 Å². The number of hydrogen-bond acceptors (Lipinski definition) is 4. The minimum Gasteiger partial charge on any atom is -0.493 e. The first kappa shape index (κ1) is 19.9. The molecule has 4 heteroatoms. The van der Waals surface area contributed by atoms with Crippen LogP contribution in [0.15, 0.2) is 30.5 Å². The second-order valence-electron chi connectivity index (χ2n) is 7.62. The van der Waals surface area contributed by atoms with Gasteiger partial charge in [-0.1, -0.05) is 32.8 Å². The van der Waals surface area contributed by atoms with E-state index in [9.17, 15) is 4.79 Å². The second kappa shape index (κ2) is 8.48. The summed E-state index contributed by atoms with van der Waals surface area (Å²) in [5.41, 5.74) is 5.02. The number of esters is 1. The molecular formula is C24H27NO3. The number of ether oxygens (including phenoxy) is 2. The summed E-state index contributed by atoms with van der Waals surface area (Å²) in [7, 11) is 0. The summed E-state index contributed by atoms with van der Waals surface area (Å²) in [5.74, 6) is 7.19. The number of aromatic nitrogens is 1. The summed E-state index contributed by atoms with van der Waals surface area (Å²) < 4.78 is 10.8. The van der Waals surface area contributed by atoms with Crippen LogP contribution in [-0.4, -0.2) is 24.2 Å². The van der Waals surface area contributed by atoms with E-state index in [-0.39, 0.29) is 17.8 Å². The first-order chi connectivity index (χ1) is 13.4. The van der Waals surface area contributed by atoms with E-state index in [0.29, 0.717) is 12.3 Å². The summed E-state index contributed by atoms with van der Waals surface area (Å²) in [6.45, 7) is 9.58. The van der Waals surface area contributed by atoms with Crippen LogP contribution in [0.25, 0.3) is 0 Å². The highest BCUT2D eigenvalue weighted by molar-refractivity contribution is 5.72. The first-order valence-electron chi connectivity index (χ1n) is 9.85. The molecule has 0 N–H and O–H groups in total. The minimum absolute atomic E-state index is 0.0866. The Bertz CT molecular complexity index is 917. The summed E-state index contributed by atoms with van der Waals surface area (Å²) >= 11 is 0. The number of rotatable bonds is 4. The van der Waals surface area contributed by atoms with Crippen LogP contribution in [0.5, 0.6) is 5.75 Å². The molecule has 3 rings (SSSR count). The minimum atomic E-state index is -0.241. The van der Waals surface area contributed by atoms with E-state index in [1.807, 2.05) is 12.1 Å². The molecule has 0 spiro atoms. The fourth-order valence-electron chi connectivity index (χ4n) is 3.34. The van der Waals surface area contributed by atoms with E-state index in [4.69, 9.17) is 9.47 Å². The number of pyridine rings is 1. The lowest BCUT2D eigenvalue weighted by Crippen LogP contribution is -2.27. The van der Waals surface area contributed by atoms with E-state index in [2.05, 4.69) is 49.7 Å². The lowest BCUT2D eigenvalue weighted by molar-refractivity contribution is -0.142. The SMILES string of the molecule is CCOC(=O)Cc1ccc(C#Cc2cc3c(cc2CC)OCCC3(C)C)nc1. The Hall–Kier alpha value is -2.80. The number of fused-ring (bicyclic) bond motifs is 1. The van der Waals surface area contributed by atoms with Crippen LogP contribution in [0.4, 0.5) is 0 Å². The molecule has 0 bridgehead atoms. The number of carbonyl (C=O) groups excluding carboxylic acids is 1. The maximum Gasteiger partial charge on any atom is 0.310 e. The van der Waals surface area contributed by atoms with Crippen LogP contribution in [0, 0.1) is 11.8 Å². The van der Waals surface area contributed by atoms with Gasteiger partial charge in [-0.25, -0.2) is 4.98 Å². The van der Waals surface area contributed by atoms with E-state index in [1.54, 1.807) is 13.1 Å². The molecule has 1 aliphatic heterocycles. The van der Waals surface area contributed by atoms with Crippen LogP contribution in [0.3, 0.4) is 0 Å². The first-order valence-corrected chi connectivity index (χ1v) is 9.85. The van der Waals surface area contributed by atoms with Gasteiger partial charge in [0, 0.05) is 17.3 Å². The molecule has 0 aliphatic carbocycles. The topological polar surface area (TPSA) is 48.4 Å². The largest absolute Gasteiger partial charge is 0.493 e. The van der Waals surface area contributed by atoms with Crippen molar-refractivity contribution < 1.29 is 14.3 Å². The van der Waals surface area contributed by atoms with Crippen molar-refractivity contribution in [3.63, 3.8) is 0 Å². The van der Waals surface area contributed by atoms with Crippen molar-refractivity contribution in [1.82, 2.24) is 4.98 Å². The van der Waals surface area contributed by atoms with Gasteiger partial charge in [0.05, 0.1) is 19.6 Å². The molecular weight excluding hydrogens is 350 g/mol. The van der Waals surface area contributed by atoms with Crippen LogP contribution < -0.4 is 4.74 Å². The van der Waals surface area contributed by atoms with Gasteiger partial charge < -0.3 is 9.47 Å². The number of benzene rings is 1. The molecule has 4 nitrogen and oxygen atoms in total. The maximum absolute atomic E-state index is 11.6. The van der Waals surface area contributed by atoms with Crippen molar-refractivity contribution in [1.29, 1.82) is 0 Å². The lowest BCUT2D eigenvalue weighted by atomic mass is 9.78. The van der Waals surface area contributed by atoms with Gasteiger partial charge in [-0.2, -0.15) is 0 Å².